The van der Waals surface area contributed by atoms with Gasteiger partial charge in [-0.3, -0.25) is 9.59 Å². The van der Waals surface area contributed by atoms with Crippen molar-refractivity contribution in [3.05, 3.63) is 54.0 Å². The molecule has 4 rings (SSSR count). The van der Waals surface area contributed by atoms with Gasteiger partial charge in [0.05, 0.1) is 24.1 Å². The average Bonchev–Trinajstić information content (AvgIpc) is 2.90. The third-order valence-electron chi connectivity index (χ3n) is 4.36. The molecular weight excluding hydrogens is 268 g/mol. The van der Waals surface area contributed by atoms with Crippen molar-refractivity contribution in [2.45, 2.75) is 18.4 Å². The van der Waals surface area contributed by atoms with Crippen LogP contribution in [0.3, 0.4) is 0 Å². The zero-order chi connectivity index (χ0) is 14.4. The molecule has 1 aromatic carbocycles. The molecule has 1 aliphatic carbocycles. The summed E-state index contributed by atoms with van der Waals surface area (Å²) >= 11 is 0. The summed E-state index contributed by atoms with van der Waals surface area (Å²) in [5.74, 6) is 0.241. The Hall–Kier alpha value is -2.56. The highest BCUT2D eigenvalue weighted by atomic mass is 16.3. The van der Waals surface area contributed by atoms with E-state index in [2.05, 4.69) is 10.6 Å². The number of hydrogen-bond acceptors (Lipinski definition) is 3. The Morgan fingerprint density at radius 2 is 2.19 bits per heavy atom. The van der Waals surface area contributed by atoms with Gasteiger partial charge in [-0.1, -0.05) is 18.2 Å². The molecular formula is C16H14N2O3. The molecule has 1 saturated carbocycles. The molecule has 0 bridgehead atoms. The third kappa shape index (κ3) is 1.70. The summed E-state index contributed by atoms with van der Waals surface area (Å²) < 4.78 is 5.18. The second-order valence-electron chi connectivity index (χ2n) is 5.52. The summed E-state index contributed by atoms with van der Waals surface area (Å²) in [5.41, 5.74) is 1.10. The summed E-state index contributed by atoms with van der Waals surface area (Å²) in [6.45, 7) is 0.349. The van der Waals surface area contributed by atoms with E-state index in [0.29, 0.717) is 18.7 Å². The minimum absolute atomic E-state index is 0.0677. The predicted octanol–water partition coefficient (Wildman–Crippen LogP) is 1.81. The maximum absolute atomic E-state index is 12.3. The van der Waals surface area contributed by atoms with Crippen LogP contribution in [0.25, 0.3) is 0 Å². The van der Waals surface area contributed by atoms with Crippen LogP contribution >= 0.6 is 0 Å². The number of amides is 2. The Bertz CT molecular complexity index is 723. The number of carbonyl (C=O) groups excluding carboxylic acids is 2. The first-order valence-electron chi connectivity index (χ1n) is 6.93. The van der Waals surface area contributed by atoms with Crippen molar-refractivity contribution in [2.75, 3.05) is 5.32 Å². The lowest BCUT2D eigenvalue weighted by atomic mass is 9.94. The molecule has 0 saturated heterocycles. The van der Waals surface area contributed by atoms with E-state index in [-0.39, 0.29) is 17.7 Å². The quantitative estimate of drug-likeness (QED) is 0.901. The van der Waals surface area contributed by atoms with Crippen LogP contribution in [0.4, 0.5) is 5.69 Å². The highest BCUT2D eigenvalue weighted by Gasteiger charge is 2.67. The molecule has 1 fully saturated rings. The second-order valence-corrected chi connectivity index (χ2v) is 5.52. The number of para-hydroxylation sites is 1. The van der Waals surface area contributed by atoms with Gasteiger partial charge in [0.2, 0.25) is 11.8 Å². The third-order valence-corrected chi connectivity index (χ3v) is 4.36. The average molecular weight is 282 g/mol. The maximum atomic E-state index is 12.3. The molecule has 1 aromatic heterocycles. The molecule has 1 spiro atoms. The minimum atomic E-state index is -0.663. The molecule has 106 valence electrons. The Kier molecular flexibility index (Phi) is 2.45. The van der Waals surface area contributed by atoms with E-state index in [1.54, 1.807) is 18.4 Å². The van der Waals surface area contributed by atoms with Crippen LogP contribution in [0.1, 0.15) is 17.7 Å². The highest BCUT2D eigenvalue weighted by molar-refractivity contribution is 6.12. The molecule has 5 nitrogen and oxygen atoms in total. The zero-order valence-corrected chi connectivity index (χ0v) is 11.3. The van der Waals surface area contributed by atoms with Gasteiger partial charge in [0.1, 0.15) is 5.76 Å². The van der Waals surface area contributed by atoms with Gasteiger partial charge in [-0.2, -0.15) is 0 Å². The summed E-state index contributed by atoms with van der Waals surface area (Å²) in [7, 11) is 0. The van der Waals surface area contributed by atoms with Crippen LogP contribution in [-0.4, -0.2) is 11.8 Å². The zero-order valence-electron chi connectivity index (χ0n) is 11.3. The van der Waals surface area contributed by atoms with Gasteiger partial charge in [-0.25, -0.2) is 0 Å². The summed E-state index contributed by atoms with van der Waals surface area (Å²) in [6, 6.07) is 11.2. The molecule has 2 atom stereocenters. The van der Waals surface area contributed by atoms with E-state index in [1.807, 2.05) is 24.3 Å². The van der Waals surface area contributed by atoms with Crippen LogP contribution in [0.2, 0.25) is 0 Å². The van der Waals surface area contributed by atoms with Crippen molar-refractivity contribution in [3.63, 3.8) is 0 Å². The lowest BCUT2D eigenvalue weighted by Crippen LogP contribution is -2.31. The van der Waals surface area contributed by atoms with Gasteiger partial charge < -0.3 is 15.1 Å². The molecule has 5 heteroatoms. The number of benzene rings is 1. The molecule has 2 heterocycles. The standard InChI is InChI=1S/C16H14N2O3/c19-14(17-9-10-4-3-7-21-10)12-8-16(12)11-5-1-2-6-13(11)18-15(16)20/h1-7,12H,8-9H2,(H,17,19)(H,18,20). The minimum Gasteiger partial charge on any atom is -0.467 e. The van der Waals surface area contributed by atoms with E-state index in [1.165, 1.54) is 0 Å². The molecule has 2 N–H and O–H groups in total. The van der Waals surface area contributed by atoms with Crippen LogP contribution in [0.15, 0.2) is 47.1 Å². The first-order chi connectivity index (χ1) is 10.2. The van der Waals surface area contributed by atoms with Gasteiger partial charge in [-0.15, -0.1) is 0 Å². The van der Waals surface area contributed by atoms with E-state index < -0.39 is 5.41 Å². The molecule has 1 aliphatic heterocycles. The van der Waals surface area contributed by atoms with Gasteiger partial charge in [0.15, 0.2) is 0 Å². The maximum Gasteiger partial charge on any atom is 0.235 e. The van der Waals surface area contributed by atoms with Gasteiger partial charge in [0, 0.05) is 5.69 Å². The summed E-state index contributed by atoms with van der Waals surface area (Å²) in [4.78, 5) is 24.5. The Balaban J connectivity index is 1.52. The monoisotopic (exact) mass is 282 g/mol. The van der Waals surface area contributed by atoms with Gasteiger partial charge in [-0.05, 0) is 30.2 Å². The second kappa shape index (κ2) is 4.22. The molecule has 21 heavy (non-hydrogen) atoms. The largest absolute Gasteiger partial charge is 0.467 e. The molecule has 2 aliphatic rings. The molecule has 2 unspecified atom stereocenters. The first-order valence-corrected chi connectivity index (χ1v) is 6.93. The van der Waals surface area contributed by atoms with Crippen LogP contribution in [0.5, 0.6) is 0 Å². The van der Waals surface area contributed by atoms with Crippen molar-refractivity contribution >= 4 is 17.5 Å². The van der Waals surface area contributed by atoms with Crippen molar-refractivity contribution in [2.24, 2.45) is 5.92 Å². The van der Waals surface area contributed by atoms with Crippen LogP contribution in [-0.2, 0) is 21.5 Å². The van der Waals surface area contributed by atoms with E-state index >= 15 is 0 Å². The number of nitrogens with one attached hydrogen (secondary N) is 2. The highest BCUT2D eigenvalue weighted by Crippen LogP contribution is 2.59. The number of carbonyl (C=O) groups is 2. The topological polar surface area (TPSA) is 71.3 Å². The number of fused-ring (bicyclic) bond motifs is 2. The SMILES string of the molecule is O=C(NCc1ccco1)C1CC12C(=O)Nc1ccccc12. The smallest absolute Gasteiger partial charge is 0.235 e. The van der Waals surface area contributed by atoms with Crippen molar-refractivity contribution in [3.8, 4) is 0 Å². The van der Waals surface area contributed by atoms with E-state index in [0.717, 1.165) is 11.3 Å². The number of anilines is 1. The van der Waals surface area contributed by atoms with Gasteiger partial charge in [0.25, 0.3) is 0 Å². The molecule has 2 aromatic rings. The van der Waals surface area contributed by atoms with E-state index in [4.69, 9.17) is 4.42 Å². The van der Waals surface area contributed by atoms with Crippen molar-refractivity contribution < 1.29 is 14.0 Å². The fourth-order valence-corrected chi connectivity index (χ4v) is 3.18. The Labute approximate surface area is 121 Å². The number of hydrogen-bond donors (Lipinski definition) is 2. The molecule has 2 amide bonds. The normalized spacial score (nSPS) is 25.5. The number of rotatable bonds is 3. The lowest BCUT2D eigenvalue weighted by Gasteiger charge is -2.08. The van der Waals surface area contributed by atoms with E-state index in [9.17, 15) is 9.59 Å². The van der Waals surface area contributed by atoms with Gasteiger partial charge >= 0.3 is 0 Å². The Morgan fingerprint density at radius 1 is 1.33 bits per heavy atom. The van der Waals surface area contributed by atoms with Crippen molar-refractivity contribution in [1.82, 2.24) is 5.32 Å². The number of furan rings is 1. The fraction of sp³-hybridized carbons (Fsp3) is 0.250. The first kappa shape index (κ1) is 12.2. The van der Waals surface area contributed by atoms with Crippen molar-refractivity contribution in [1.29, 1.82) is 0 Å². The Morgan fingerprint density at radius 3 is 3.00 bits per heavy atom. The predicted molar refractivity (Wildman–Crippen MR) is 75.4 cm³/mol. The fourth-order valence-electron chi connectivity index (χ4n) is 3.18. The lowest BCUT2D eigenvalue weighted by molar-refractivity contribution is -0.125. The summed E-state index contributed by atoms with van der Waals surface area (Å²) in [6.07, 6.45) is 2.14. The summed E-state index contributed by atoms with van der Waals surface area (Å²) in [5, 5.41) is 5.70. The van der Waals surface area contributed by atoms with Crippen LogP contribution < -0.4 is 10.6 Å². The molecule has 0 radical (unpaired) electrons. The van der Waals surface area contributed by atoms with Crippen LogP contribution in [0, 0.1) is 5.92 Å².